The average molecular weight is 382 g/mol. The molecule has 1 aliphatic rings. The van der Waals surface area contributed by atoms with Gasteiger partial charge < -0.3 is 14.6 Å². The van der Waals surface area contributed by atoms with Gasteiger partial charge in [0.25, 0.3) is 5.91 Å². The van der Waals surface area contributed by atoms with E-state index in [9.17, 15) is 4.79 Å². The number of fused-ring (bicyclic) bond motifs is 1. The molecular weight excluding hydrogens is 362 g/mol. The summed E-state index contributed by atoms with van der Waals surface area (Å²) in [6, 6.07) is 12.9. The third kappa shape index (κ3) is 3.43. The van der Waals surface area contributed by atoms with Crippen LogP contribution in [0.25, 0.3) is 11.0 Å². The van der Waals surface area contributed by atoms with Crippen molar-refractivity contribution in [2.45, 2.75) is 18.9 Å². The van der Waals surface area contributed by atoms with Crippen LogP contribution in [0.2, 0.25) is 5.02 Å². The van der Waals surface area contributed by atoms with Gasteiger partial charge in [-0.15, -0.1) is 0 Å². The number of carbonyl (C=O) groups is 1. The van der Waals surface area contributed by atoms with Crippen molar-refractivity contribution in [1.29, 1.82) is 0 Å². The van der Waals surface area contributed by atoms with Crippen LogP contribution in [-0.2, 0) is 0 Å². The molecule has 0 saturated carbocycles. The van der Waals surface area contributed by atoms with E-state index < -0.39 is 0 Å². The van der Waals surface area contributed by atoms with E-state index in [1.807, 2.05) is 29.2 Å². The van der Waals surface area contributed by atoms with Crippen LogP contribution in [0.1, 0.15) is 35.1 Å². The molecule has 0 bridgehead atoms. The van der Waals surface area contributed by atoms with Crippen molar-refractivity contribution in [3.8, 4) is 5.75 Å². The minimum atomic E-state index is -0.0977. The molecule has 27 heavy (non-hydrogen) atoms. The van der Waals surface area contributed by atoms with E-state index in [0.717, 1.165) is 29.7 Å². The van der Waals surface area contributed by atoms with E-state index in [4.69, 9.17) is 21.3 Å². The summed E-state index contributed by atoms with van der Waals surface area (Å²) >= 11 is 6.14. The Kier molecular flexibility index (Phi) is 4.86. The summed E-state index contributed by atoms with van der Waals surface area (Å²) in [5, 5.41) is 0.504. The van der Waals surface area contributed by atoms with E-state index in [0.29, 0.717) is 29.5 Å². The zero-order valence-corrected chi connectivity index (χ0v) is 15.6. The number of aromatic amines is 1. The molecular formula is C21H20ClN3O2. The van der Waals surface area contributed by atoms with E-state index in [2.05, 4.69) is 11.6 Å². The first-order valence-corrected chi connectivity index (χ1v) is 9.34. The molecule has 0 aliphatic carbocycles. The topological polar surface area (TPSA) is 58.2 Å². The van der Waals surface area contributed by atoms with E-state index in [-0.39, 0.29) is 11.9 Å². The number of benzene rings is 2. The van der Waals surface area contributed by atoms with Gasteiger partial charge in [0.05, 0.1) is 22.6 Å². The van der Waals surface area contributed by atoms with Crippen LogP contribution in [0.3, 0.4) is 0 Å². The van der Waals surface area contributed by atoms with Crippen LogP contribution < -0.4 is 4.74 Å². The number of hydrogen-bond donors (Lipinski definition) is 1. The van der Waals surface area contributed by atoms with Gasteiger partial charge in [0.15, 0.2) is 0 Å². The molecule has 0 radical (unpaired) electrons. The lowest BCUT2D eigenvalue weighted by Crippen LogP contribution is -2.31. The SMILES string of the molecule is C=CCOc1ccc(Cl)cc1C(=O)N1CCCC1c1nc2ccccc2[nH]1. The van der Waals surface area contributed by atoms with Gasteiger partial charge in [0.2, 0.25) is 0 Å². The Balaban J connectivity index is 1.66. The summed E-state index contributed by atoms with van der Waals surface area (Å²) in [4.78, 5) is 23.2. The lowest BCUT2D eigenvalue weighted by Gasteiger charge is -2.24. The maximum absolute atomic E-state index is 13.3. The molecule has 1 saturated heterocycles. The van der Waals surface area contributed by atoms with Crippen molar-refractivity contribution in [2.24, 2.45) is 0 Å². The zero-order chi connectivity index (χ0) is 18.8. The van der Waals surface area contributed by atoms with Crippen LogP contribution >= 0.6 is 11.6 Å². The zero-order valence-electron chi connectivity index (χ0n) is 14.8. The fraction of sp³-hybridized carbons (Fsp3) is 0.238. The van der Waals surface area contributed by atoms with Crippen LogP contribution in [0.4, 0.5) is 0 Å². The lowest BCUT2D eigenvalue weighted by molar-refractivity contribution is 0.0726. The Labute approximate surface area is 162 Å². The number of rotatable bonds is 5. The Morgan fingerprint density at radius 2 is 2.22 bits per heavy atom. The van der Waals surface area contributed by atoms with Crippen molar-refractivity contribution in [3.05, 3.63) is 71.5 Å². The number of para-hydroxylation sites is 2. The molecule has 138 valence electrons. The number of nitrogens with zero attached hydrogens (tertiary/aromatic N) is 2. The minimum Gasteiger partial charge on any atom is -0.489 e. The van der Waals surface area contributed by atoms with Crippen molar-refractivity contribution in [1.82, 2.24) is 14.9 Å². The highest BCUT2D eigenvalue weighted by atomic mass is 35.5. The summed E-state index contributed by atoms with van der Waals surface area (Å²) in [7, 11) is 0. The van der Waals surface area contributed by atoms with Gasteiger partial charge in [-0.25, -0.2) is 4.98 Å². The van der Waals surface area contributed by atoms with Gasteiger partial charge in [0, 0.05) is 11.6 Å². The van der Waals surface area contributed by atoms with Crippen molar-refractivity contribution >= 4 is 28.5 Å². The number of likely N-dealkylation sites (tertiary alicyclic amines) is 1. The summed E-state index contributed by atoms with van der Waals surface area (Å²) in [5.41, 5.74) is 2.35. The maximum Gasteiger partial charge on any atom is 0.258 e. The molecule has 1 unspecified atom stereocenters. The molecule has 5 nitrogen and oxygen atoms in total. The first-order chi connectivity index (χ1) is 13.2. The monoisotopic (exact) mass is 381 g/mol. The number of halogens is 1. The molecule has 4 rings (SSSR count). The second-order valence-electron chi connectivity index (χ2n) is 6.54. The fourth-order valence-corrected chi connectivity index (χ4v) is 3.70. The van der Waals surface area contributed by atoms with Gasteiger partial charge in [-0.3, -0.25) is 4.79 Å². The van der Waals surface area contributed by atoms with Crippen LogP contribution in [0.5, 0.6) is 5.75 Å². The summed E-state index contributed by atoms with van der Waals surface area (Å²) in [6.07, 6.45) is 3.45. The van der Waals surface area contributed by atoms with Crippen LogP contribution in [-0.4, -0.2) is 33.9 Å². The molecule has 1 aromatic heterocycles. The highest BCUT2D eigenvalue weighted by Gasteiger charge is 2.34. The molecule has 1 aliphatic heterocycles. The summed E-state index contributed by atoms with van der Waals surface area (Å²) in [5.74, 6) is 1.23. The van der Waals surface area contributed by atoms with Gasteiger partial charge in [-0.2, -0.15) is 0 Å². The predicted molar refractivity (Wildman–Crippen MR) is 106 cm³/mol. The Morgan fingerprint density at radius 1 is 1.37 bits per heavy atom. The largest absolute Gasteiger partial charge is 0.489 e. The average Bonchev–Trinajstić information content (AvgIpc) is 3.32. The van der Waals surface area contributed by atoms with Gasteiger partial charge >= 0.3 is 0 Å². The molecule has 1 amide bonds. The number of ether oxygens (including phenoxy) is 1. The molecule has 2 aromatic carbocycles. The van der Waals surface area contributed by atoms with E-state index in [1.54, 1.807) is 24.3 Å². The highest BCUT2D eigenvalue weighted by molar-refractivity contribution is 6.31. The van der Waals surface area contributed by atoms with Gasteiger partial charge in [-0.05, 0) is 43.2 Å². The van der Waals surface area contributed by atoms with Gasteiger partial charge in [-0.1, -0.05) is 36.4 Å². The number of hydrogen-bond acceptors (Lipinski definition) is 3. The Hall–Kier alpha value is -2.79. The third-order valence-electron chi connectivity index (χ3n) is 4.77. The predicted octanol–water partition coefficient (Wildman–Crippen LogP) is 4.76. The number of nitrogens with one attached hydrogen (secondary N) is 1. The Morgan fingerprint density at radius 3 is 3.04 bits per heavy atom. The molecule has 1 N–H and O–H groups in total. The number of H-pyrrole nitrogens is 1. The first-order valence-electron chi connectivity index (χ1n) is 8.96. The minimum absolute atomic E-state index is 0.0869. The second-order valence-corrected chi connectivity index (χ2v) is 6.97. The molecule has 3 aromatic rings. The van der Waals surface area contributed by atoms with Crippen molar-refractivity contribution < 1.29 is 9.53 Å². The fourth-order valence-electron chi connectivity index (χ4n) is 3.52. The molecule has 2 heterocycles. The summed E-state index contributed by atoms with van der Waals surface area (Å²) in [6.45, 7) is 4.66. The quantitative estimate of drug-likeness (QED) is 0.648. The van der Waals surface area contributed by atoms with Crippen molar-refractivity contribution in [2.75, 3.05) is 13.2 Å². The summed E-state index contributed by atoms with van der Waals surface area (Å²) < 4.78 is 5.66. The Bertz CT molecular complexity index is 965. The van der Waals surface area contributed by atoms with E-state index >= 15 is 0 Å². The standard InChI is InChI=1S/C21H20ClN3O2/c1-2-12-27-19-10-9-14(22)13-15(19)21(26)25-11-5-8-18(25)20-23-16-6-3-4-7-17(16)24-20/h2-4,6-7,9-10,13,18H,1,5,8,11-12H2,(H,23,24). The maximum atomic E-state index is 13.3. The first kappa shape index (κ1) is 17.6. The molecule has 1 atom stereocenters. The number of carbonyl (C=O) groups excluding carboxylic acids is 1. The molecule has 6 heteroatoms. The van der Waals surface area contributed by atoms with Crippen LogP contribution in [0, 0.1) is 0 Å². The smallest absolute Gasteiger partial charge is 0.258 e. The third-order valence-corrected chi connectivity index (χ3v) is 5.00. The number of imidazole rings is 1. The van der Waals surface area contributed by atoms with Crippen molar-refractivity contribution in [3.63, 3.8) is 0 Å². The molecule has 0 spiro atoms. The number of aromatic nitrogens is 2. The van der Waals surface area contributed by atoms with Crippen LogP contribution in [0.15, 0.2) is 55.1 Å². The second kappa shape index (κ2) is 7.45. The number of amides is 1. The van der Waals surface area contributed by atoms with E-state index in [1.165, 1.54) is 0 Å². The normalized spacial score (nSPS) is 16.6. The molecule has 1 fully saturated rings. The van der Waals surface area contributed by atoms with Gasteiger partial charge in [0.1, 0.15) is 18.2 Å². The lowest BCUT2D eigenvalue weighted by atomic mass is 10.1. The highest BCUT2D eigenvalue weighted by Crippen LogP contribution is 2.34.